The third-order valence-corrected chi connectivity index (χ3v) is 4.55. The molecule has 0 atom stereocenters. The Morgan fingerprint density at radius 2 is 0.889 bits per heavy atom. The van der Waals surface area contributed by atoms with E-state index in [1.165, 1.54) is 109 Å². The van der Waals surface area contributed by atoms with Crippen molar-refractivity contribution in [2.24, 2.45) is 5.73 Å². The highest BCUT2D eigenvalue weighted by Crippen LogP contribution is 2.14. The van der Waals surface area contributed by atoms with Crippen molar-refractivity contribution in [2.75, 3.05) is 6.54 Å². The molecule has 0 aromatic rings. The lowest BCUT2D eigenvalue weighted by atomic mass is 10.0. The molecule has 0 unspecified atom stereocenters. The van der Waals surface area contributed by atoms with Crippen LogP contribution in [0.25, 0.3) is 0 Å². The number of aliphatic carboxylic acids is 1. The minimum Gasteiger partial charge on any atom is -0.475 e. The van der Waals surface area contributed by atoms with Crippen molar-refractivity contribution in [1.29, 1.82) is 0 Å². The van der Waals surface area contributed by atoms with Crippen LogP contribution in [0.5, 0.6) is 0 Å². The Morgan fingerprint density at radius 3 is 1.07 bits per heavy atom. The number of carboxylic acids is 1. The first-order valence-electron chi connectivity index (χ1n) is 10.9. The molecule has 0 aromatic carbocycles. The van der Waals surface area contributed by atoms with Crippen LogP contribution >= 0.6 is 0 Å². The fourth-order valence-corrected chi connectivity index (χ4v) is 2.87. The molecule has 0 aliphatic rings. The molecule has 3 nitrogen and oxygen atoms in total. The Labute approximate surface area is 164 Å². The van der Waals surface area contributed by atoms with Gasteiger partial charge in [-0.3, -0.25) is 0 Å². The highest BCUT2D eigenvalue weighted by Gasteiger charge is 2.38. The maximum absolute atomic E-state index is 10.6. The standard InChI is InChI=1S/C19H41N.C2HF3O2/c1-2-3-4-5-6-7-8-9-10-11-12-13-14-15-16-17-18-19-20;3-2(4,5)1(6)7/h2-20H2,1H3;(H,6,7). The summed E-state index contributed by atoms with van der Waals surface area (Å²) in [6, 6.07) is 0. The molecule has 0 fully saturated rings. The summed E-state index contributed by atoms with van der Waals surface area (Å²) in [7, 11) is 0. The average Bonchev–Trinajstić information content (AvgIpc) is 2.61. The van der Waals surface area contributed by atoms with E-state index in [1.54, 1.807) is 0 Å². The Balaban J connectivity index is 0. The molecule has 0 amide bonds. The zero-order chi connectivity index (χ0) is 20.8. The largest absolute Gasteiger partial charge is 0.490 e. The SMILES string of the molecule is CCCCCCCCCCCCCCCCCCCN.O=C(O)C(F)(F)F. The molecular weight excluding hydrogens is 355 g/mol. The summed E-state index contributed by atoms with van der Waals surface area (Å²) in [5, 5.41) is 7.12. The highest BCUT2D eigenvalue weighted by molar-refractivity contribution is 5.73. The number of hydrogen-bond acceptors (Lipinski definition) is 2. The molecule has 0 aliphatic carbocycles. The molecule has 3 N–H and O–H groups in total. The highest BCUT2D eigenvalue weighted by atomic mass is 19.4. The topological polar surface area (TPSA) is 63.3 Å². The lowest BCUT2D eigenvalue weighted by Gasteiger charge is -2.03. The maximum atomic E-state index is 10.6. The molecule has 0 bridgehead atoms. The number of unbranched alkanes of at least 4 members (excludes halogenated alkanes) is 16. The van der Waals surface area contributed by atoms with E-state index in [4.69, 9.17) is 15.6 Å². The molecule has 27 heavy (non-hydrogen) atoms. The van der Waals surface area contributed by atoms with Crippen molar-refractivity contribution in [2.45, 2.75) is 122 Å². The molecule has 0 radical (unpaired) electrons. The minimum absolute atomic E-state index is 0.874. The lowest BCUT2D eigenvalue weighted by molar-refractivity contribution is -0.192. The number of carboxylic acid groups (broad SMARTS) is 1. The van der Waals surface area contributed by atoms with Crippen LogP contribution in [0.3, 0.4) is 0 Å². The van der Waals surface area contributed by atoms with Gasteiger partial charge in [-0.05, 0) is 13.0 Å². The molecule has 0 rings (SSSR count). The van der Waals surface area contributed by atoms with Gasteiger partial charge in [0.15, 0.2) is 0 Å². The van der Waals surface area contributed by atoms with Crippen molar-refractivity contribution >= 4 is 5.97 Å². The van der Waals surface area contributed by atoms with Crippen molar-refractivity contribution in [3.63, 3.8) is 0 Å². The normalized spacial score (nSPS) is 11.1. The van der Waals surface area contributed by atoms with Crippen LogP contribution in [0.1, 0.15) is 116 Å². The number of nitrogens with two attached hydrogens (primary N) is 1. The zero-order valence-corrected chi connectivity index (χ0v) is 17.3. The predicted molar refractivity (Wildman–Crippen MR) is 107 cm³/mol. The van der Waals surface area contributed by atoms with Crippen molar-refractivity contribution in [1.82, 2.24) is 0 Å². The van der Waals surface area contributed by atoms with Gasteiger partial charge in [0, 0.05) is 0 Å². The van der Waals surface area contributed by atoms with Crippen LogP contribution in [0, 0.1) is 0 Å². The third-order valence-electron chi connectivity index (χ3n) is 4.55. The number of hydrogen-bond donors (Lipinski definition) is 2. The Bertz CT molecular complexity index is 292. The molecule has 6 heteroatoms. The Morgan fingerprint density at radius 1 is 0.667 bits per heavy atom. The molecule has 0 heterocycles. The number of halogens is 3. The van der Waals surface area contributed by atoms with Gasteiger partial charge in [-0.1, -0.05) is 110 Å². The molecule has 0 aliphatic heterocycles. The summed E-state index contributed by atoms with van der Waals surface area (Å²) in [5.74, 6) is -2.76. The van der Waals surface area contributed by atoms with E-state index < -0.39 is 12.1 Å². The lowest BCUT2D eigenvalue weighted by Crippen LogP contribution is -2.21. The van der Waals surface area contributed by atoms with Crippen molar-refractivity contribution in [3.05, 3.63) is 0 Å². The van der Waals surface area contributed by atoms with Crippen LogP contribution in [-0.4, -0.2) is 23.8 Å². The first-order valence-corrected chi connectivity index (χ1v) is 10.9. The second-order valence-electron chi connectivity index (χ2n) is 7.25. The first kappa shape index (κ1) is 28.4. The Kier molecular flexibility index (Phi) is 22.7. The summed E-state index contributed by atoms with van der Waals surface area (Å²) >= 11 is 0. The van der Waals surface area contributed by atoms with E-state index in [2.05, 4.69) is 6.92 Å². The van der Waals surface area contributed by atoms with Crippen LogP contribution < -0.4 is 5.73 Å². The fourth-order valence-electron chi connectivity index (χ4n) is 2.87. The monoisotopic (exact) mass is 397 g/mol. The van der Waals surface area contributed by atoms with Crippen molar-refractivity contribution in [3.8, 4) is 0 Å². The van der Waals surface area contributed by atoms with Crippen LogP contribution in [0.2, 0.25) is 0 Å². The molecule has 0 spiro atoms. The van der Waals surface area contributed by atoms with Gasteiger partial charge in [-0.2, -0.15) is 13.2 Å². The molecular formula is C21H42F3NO2. The van der Waals surface area contributed by atoms with Gasteiger partial charge >= 0.3 is 12.1 Å². The summed E-state index contributed by atoms with van der Waals surface area (Å²) < 4.78 is 31.7. The summed E-state index contributed by atoms with van der Waals surface area (Å²) in [6.07, 6.45) is 19.3. The van der Waals surface area contributed by atoms with Crippen LogP contribution in [-0.2, 0) is 4.79 Å². The number of rotatable bonds is 17. The van der Waals surface area contributed by atoms with Gasteiger partial charge in [-0.15, -0.1) is 0 Å². The minimum atomic E-state index is -5.08. The molecule has 164 valence electrons. The van der Waals surface area contributed by atoms with E-state index in [-0.39, 0.29) is 0 Å². The predicted octanol–water partition coefficient (Wildman–Crippen LogP) is 7.23. The van der Waals surface area contributed by atoms with Gasteiger partial charge in [0.25, 0.3) is 0 Å². The third kappa shape index (κ3) is 27.5. The molecule has 0 aromatic heterocycles. The first-order chi connectivity index (χ1) is 12.9. The van der Waals surface area contributed by atoms with Crippen LogP contribution in [0.4, 0.5) is 13.2 Å². The van der Waals surface area contributed by atoms with E-state index in [0.29, 0.717) is 0 Å². The Hall–Kier alpha value is -0.780. The fraction of sp³-hybridized carbons (Fsp3) is 0.952. The van der Waals surface area contributed by atoms with Gasteiger partial charge in [0.2, 0.25) is 0 Å². The van der Waals surface area contributed by atoms with E-state index in [0.717, 1.165) is 6.54 Å². The van der Waals surface area contributed by atoms with Crippen molar-refractivity contribution < 1.29 is 23.1 Å². The second-order valence-corrected chi connectivity index (χ2v) is 7.25. The second kappa shape index (κ2) is 21.5. The van der Waals surface area contributed by atoms with Gasteiger partial charge in [0.1, 0.15) is 0 Å². The number of carbonyl (C=O) groups is 1. The number of alkyl halides is 3. The van der Waals surface area contributed by atoms with E-state index in [9.17, 15) is 13.2 Å². The smallest absolute Gasteiger partial charge is 0.475 e. The average molecular weight is 398 g/mol. The maximum Gasteiger partial charge on any atom is 0.490 e. The van der Waals surface area contributed by atoms with Gasteiger partial charge < -0.3 is 10.8 Å². The van der Waals surface area contributed by atoms with E-state index in [1.807, 2.05) is 0 Å². The zero-order valence-electron chi connectivity index (χ0n) is 17.3. The summed E-state index contributed by atoms with van der Waals surface area (Å²) in [6.45, 7) is 3.17. The van der Waals surface area contributed by atoms with E-state index >= 15 is 0 Å². The van der Waals surface area contributed by atoms with Crippen LogP contribution in [0.15, 0.2) is 0 Å². The quantitative estimate of drug-likeness (QED) is 0.254. The summed E-state index contributed by atoms with van der Waals surface area (Å²) in [4.78, 5) is 8.90. The molecule has 0 saturated carbocycles. The summed E-state index contributed by atoms with van der Waals surface area (Å²) in [5.41, 5.74) is 5.49. The van der Waals surface area contributed by atoms with Gasteiger partial charge in [-0.25, -0.2) is 4.79 Å². The van der Waals surface area contributed by atoms with Gasteiger partial charge in [0.05, 0.1) is 0 Å². The molecule has 0 saturated heterocycles.